The lowest BCUT2D eigenvalue weighted by atomic mass is 10.1. The number of carbonyl (C=O) groups is 2. The Bertz CT molecular complexity index is 973. The van der Waals surface area contributed by atoms with Gasteiger partial charge in [-0.2, -0.15) is 0 Å². The number of esters is 1. The van der Waals surface area contributed by atoms with E-state index in [4.69, 9.17) is 4.74 Å². The molecule has 8 nitrogen and oxygen atoms in total. The van der Waals surface area contributed by atoms with Crippen LogP contribution in [0, 0.1) is 22.9 Å². The minimum atomic E-state index is -0.853. The Morgan fingerprint density at radius 3 is 2.57 bits per heavy atom. The van der Waals surface area contributed by atoms with E-state index in [1.165, 1.54) is 30.3 Å². The maximum Gasteiger partial charge on any atom is 0.338 e. The number of aryl methyl sites for hydroxylation is 1. The van der Waals surface area contributed by atoms with Gasteiger partial charge in [0.1, 0.15) is 11.5 Å². The molecule has 0 aliphatic carbocycles. The van der Waals surface area contributed by atoms with Gasteiger partial charge in [0.2, 0.25) is 0 Å². The summed E-state index contributed by atoms with van der Waals surface area (Å²) in [6.07, 6.45) is 3.01. The smallest absolute Gasteiger partial charge is 0.338 e. The molecule has 1 aliphatic rings. The summed E-state index contributed by atoms with van der Waals surface area (Å²) in [7, 11) is 0. The number of rotatable bonds is 6. The van der Waals surface area contributed by atoms with Crippen LogP contribution < -0.4 is 10.2 Å². The van der Waals surface area contributed by atoms with Crippen molar-refractivity contribution in [1.82, 2.24) is 0 Å². The summed E-state index contributed by atoms with van der Waals surface area (Å²) in [6, 6.07) is 8.36. The summed E-state index contributed by atoms with van der Waals surface area (Å²) in [4.78, 5) is 37.1. The number of amides is 1. The van der Waals surface area contributed by atoms with Gasteiger partial charge >= 0.3 is 5.97 Å². The van der Waals surface area contributed by atoms with Crippen LogP contribution in [-0.2, 0) is 9.53 Å². The molecule has 2 aromatic carbocycles. The zero-order valence-electron chi connectivity index (χ0n) is 16.5. The molecule has 0 radical (unpaired) electrons. The van der Waals surface area contributed by atoms with E-state index < -0.39 is 29.2 Å². The molecule has 9 heteroatoms. The van der Waals surface area contributed by atoms with E-state index in [-0.39, 0.29) is 16.9 Å². The molecule has 1 saturated heterocycles. The van der Waals surface area contributed by atoms with E-state index in [9.17, 15) is 24.1 Å². The molecule has 1 N–H and O–H groups in total. The number of ether oxygens (including phenoxy) is 1. The number of nitro groups is 1. The molecular formula is C21H22FN3O5. The van der Waals surface area contributed by atoms with Crippen molar-refractivity contribution in [2.45, 2.75) is 26.2 Å². The molecule has 3 rings (SSSR count). The van der Waals surface area contributed by atoms with E-state index in [0.717, 1.165) is 38.4 Å². The summed E-state index contributed by atoms with van der Waals surface area (Å²) in [5.41, 5.74) is 0.952. The topological polar surface area (TPSA) is 102 Å². The lowest BCUT2D eigenvalue weighted by molar-refractivity contribution is -0.384. The minimum absolute atomic E-state index is 0.0170. The van der Waals surface area contributed by atoms with E-state index >= 15 is 0 Å². The van der Waals surface area contributed by atoms with Crippen LogP contribution in [0.2, 0.25) is 0 Å². The van der Waals surface area contributed by atoms with Gasteiger partial charge in [0, 0.05) is 24.8 Å². The first-order valence-electron chi connectivity index (χ1n) is 9.61. The van der Waals surface area contributed by atoms with Crippen LogP contribution in [0.1, 0.15) is 35.2 Å². The van der Waals surface area contributed by atoms with Crippen molar-refractivity contribution in [1.29, 1.82) is 0 Å². The highest BCUT2D eigenvalue weighted by atomic mass is 19.1. The van der Waals surface area contributed by atoms with Crippen LogP contribution >= 0.6 is 0 Å². The fourth-order valence-electron chi connectivity index (χ4n) is 3.28. The average molecular weight is 415 g/mol. The van der Waals surface area contributed by atoms with Crippen molar-refractivity contribution < 1.29 is 23.6 Å². The standard InChI is InChI=1S/C21H22FN3O5/c1-14-5-7-16(12-17(14)22)23-20(26)13-30-21(27)15-6-8-18(19(11-15)25(28)29)24-9-3-2-4-10-24/h5-8,11-12H,2-4,9-10,13H2,1H3,(H,23,26). The Labute approximate surface area is 172 Å². The third-order valence-electron chi connectivity index (χ3n) is 4.89. The van der Waals surface area contributed by atoms with Crippen molar-refractivity contribution in [2.75, 3.05) is 29.9 Å². The number of carbonyl (C=O) groups excluding carboxylic acids is 2. The largest absolute Gasteiger partial charge is 0.452 e. The van der Waals surface area contributed by atoms with Gasteiger partial charge in [0.25, 0.3) is 11.6 Å². The summed E-state index contributed by atoms with van der Waals surface area (Å²) in [5, 5.41) is 13.9. The summed E-state index contributed by atoms with van der Waals surface area (Å²) in [6.45, 7) is 2.45. The molecule has 2 aromatic rings. The van der Waals surface area contributed by atoms with Crippen molar-refractivity contribution >= 4 is 28.9 Å². The number of halogens is 1. The molecular weight excluding hydrogens is 393 g/mol. The number of hydrogen-bond donors (Lipinski definition) is 1. The van der Waals surface area contributed by atoms with E-state index in [0.29, 0.717) is 11.3 Å². The second-order valence-corrected chi connectivity index (χ2v) is 7.10. The third-order valence-corrected chi connectivity index (χ3v) is 4.89. The monoisotopic (exact) mass is 415 g/mol. The van der Waals surface area contributed by atoms with Crippen molar-refractivity contribution in [2.24, 2.45) is 0 Å². The molecule has 0 bridgehead atoms. The van der Waals surface area contributed by atoms with Gasteiger partial charge in [-0.1, -0.05) is 6.07 Å². The van der Waals surface area contributed by atoms with Gasteiger partial charge in [-0.3, -0.25) is 14.9 Å². The molecule has 1 aliphatic heterocycles. The van der Waals surface area contributed by atoms with Crippen LogP contribution in [0.5, 0.6) is 0 Å². The maximum absolute atomic E-state index is 13.5. The van der Waals surface area contributed by atoms with Gasteiger partial charge in [0.15, 0.2) is 6.61 Å². The predicted molar refractivity (Wildman–Crippen MR) is 109 cm³/mol. The number of nitro benzene ring substituents is 1. The number of piperidine rings is 1. The Balaban J connectivity index is 1.64. The summed E-state index contributed by atoms with van der Waals surface area (Å²) < 4.78 is 18.5. The van der Waals surface area contributed by atoms with E-state index in [1.807, 2.05) is 4.90 Å². The van der Waals surface area contributed by atoms with Crippen LogP contribution in [0.4, 0.5) is 21.5 Å². The van der Waals surface area contributed by atoms with Crippen molar-refractivity contribution in [3.63, 3.8) is 0 Å². The normalized spacial score (nSPS) is 13.6. The number of nitrogens with one attached hydrogen (secondary N) is 1. The van der Waals surface area contributed by atoms with Gasteiger partial charge < -0.3 is 15.0 Å². The lowest BCUT2D eigenvalue weighted by Crippen LogP contribution is -2.30. The molecule has 1 fully saturated rings. The Morgan fingerprint density at radius 1 is 1.17 bits per heavy atom. The van der Waals surface area contributed by atoms with E-state index in [1.54, 1.807) is 6.92 Å². The molecule has 0 atom stereocenters. The van der Waals surface area contributed by atoms with Gasteiger partial charge in [-0.05, 0) is 56.0 Å². The molecule has 30 heavy (non-hydrogen) atoms. The van der Waals surface area contributed by atoms with Gasteiger partial charge in [-0.25, -0.2) is 9.18 Å². The number of benzene rings is 2. The zero-order valence-corrected chi connectivity index (χ0v) is 16.5. The SMILES string of the molecule is Cc1ccc(NC(=O)COC(=O)c2ccc(N3CCCCC3)c([N+](=O)[O-])c2)cc1F. The highest BCUT2D eigenvalue weighted by molar-refractivity contribution is 5.96. The first kappa shape index (κ1) is 21.2. The van der Waals surface area contributed by atoms with Gasteiger partial charge in [0.05, 0.1) is 10.5 Å². The maximum atomic E-state index is 13.5. The van der Waals surface area contributed by atoms with Crippen LogP contribution in [0.3, 0.4) is 0 Å². The van der Waals surface area contributed by atoms with Gasteiger partial charge in [-0.15, -0.1) is 0 Å². The summed E-state index contributed by atoms with van der Waals surface area (Å²) >= 11 is 0. The average Bonchev–Trinajstić information content (AvgIpc) is 2.74. The molecule has 1 amide bonds. The minimum Gasteiger partial charge on any atom is -0.452 e. The van der Waals surface area contributed by atoms with Crippen molar-refractivity contribution in [3.05, 3.63) is 63.5 Å². The molecule has 0 aromatic heterocycles. The fraction of sp³-hybridized carbons (Fsp3) is 0.333. The lowest BCUT2D eigenvalue weighted by Gasteiger charge is -2.28. The number of anilines is 2. The summed E-state index contributed by atoms with van der Waals surface area (Å²) in [5.74, 6) is -1.97. The van der Waals surface area contributed by atoms with E-state index in [2.05, 4.69) is 5.32 Å². The Hall–Kier alpha value is -3.49. The first-order chi connectivity index (χ1) is 14.3. The molecule has 0 unspecified atom stereocenters. The fourth-order valence-corrected chi connectivity index (χ4v) is 3.28. The van der Waals surface area contributed by atoms with Crippen LogP contribution in [0.15, 0.2) is 36.4 Å². The molecule has 0 saturated carbocycles. The molecule has 1 heterocycles. The first-order valence-corrected chi connectivity index (χ1v) is 9.61. The highest BCUT2D eigenvalue weighted by Crippen LogP contribution is 2.31. The van der Waals surface area contributed by atoms with Crippen LogP contribution in [-0.4, -0.2) is 36.5 Å². The second kappa shape index (κ2) is 9.34. The Kier molecular flexibility index (Phi) is 6.61. The quantitative estimate of drug-likeness (QED) is 0.437. The molecule has 158 valence electrons. The number of nitrogens with zero attached hydrogens (tertiary/aromatic N) is 2. The third kappa shape index (κ3) is 5.11. The highest BCUT2D eigenvalue weighted by Gasteiger charge is 2.23. The second-order valence-electron chi connectivity index (χ2n) is 7.10. The van der Waals surface area contributed by atoms with Crippen molar-refractivity contribution in [3.8, 4) is 0 Å². The Morgan fingerprint density at radius 2 is 1.90 bits per heavy atom. The zero-order chi connectivity index (χ0) is 21.7. The molecule has 0 spiro atoms. The van der Waals surface area contributed by atoms with Crippen LogP contribution in [0.25, 0.3) is 0 Å². The number of hydrogen-bond acceptors (Lipinski definition) is 6. The predicted octanol–water partition coefficient (Wildman–Crippen LogP) is 3.83.